The van der Waals surface area contributed by atoms with Crippen LogP contribution < -0.4 is 113 Å². The van der Waals surface area contributed by atoms with Crippen molar-refractivity contribution in [1.29, 1.82) is 0 Å². The largest absolute Gasteiger partial charge is 1.00 e. The van der Waals surface area contributed by atoms with Crippen LogP contribution >= 0.6 is 0 Å². The third-order valence-electron chi connectivity index (χ3n) is 1.34. The van der Waals surface area contributed by atoms with Crippen LogP contribution in [0, 0.1) is 0 Å². The predicted octanol–water partition coefficient (Wildman–Crippen LogP) is -9.66. The molecule has 17 heavy (non-hydrogen) atoms. The maximum Gasteiger partial charge on any atom is 1.00 e. The smallest absolute Gasteiger partial charge is 0.547 e. The Kier molecular flexibility index (Phi) is 15.5. The molecule has 0 saturated heterocycles. The molecule has 2 unspecified atom stereocenters. The number of hydrogen-bond donors (Lipinski definition) is 1. The number of carboxylic acids is 2. The first-order chi connectivity index (χ1) is 6.77. The minimum Gasteiger partial charge on any atom is -0.547 e. The number of carboxylic acid groups (broad SMARTS) is 2. The summed E-state index contributed by atoms with van der Waals surface area (Å²) in [6.07, 6.45) is -4.81. The van der Waals surface area contributed by atoms with Crippen molar-refractivity contribution in [3.05, 3.63) is 12.2 Å². The Hall–Kier alpha value is 1.38. The molecule has 7 nitrogen and oxygen atoms in total. The van der Waals surface area contributed by atoms with Gasteiger partial charge in [-0.2, -0.15) is 0 Å². The number of esters is 1. The van der Waals surface area contributed by atoms with Crippen molar-refractivity contribution < 1.29 is 137 Å². The number of ether oxygens (including phenoxy) is 1. The summed E-state index contributed by atoms with van der Waals surface area (Å²) in [7, 11) is 0. The first kappa shape index (κ1) is 23.5. The normalized spacial score (nSPS) is 12.1. The third kappa shape index (κ3) is 9.00. The molecule has 0 rings (SSSR count). The van der Waals surface area contributed by atoms with Crippen LogP contribution in [-0.4, -0.2) is 35.2 Å². The molecule has 0 fully saturated rings. The van der Waals surface area contributed by atoms with Crippen molar-refractivity contribution in [2.24, 2.45) is 0 Å². The van der Waals surface area contributed by atoms with Crippen molar-refractivity contribution in [2.45, 2.75) is 19.1 Å². The minimum absolute atomic E-state index is 0. The van der Waals surface area contributed by atoms with Crippen molar-refractivity contribution in [3.8, 4) is 0 Å². The van der Waals surface area contributed by atoms with Gasteiger partial charge in [-0.25, -0.2) is 4.79 Å². The Morgan fingerprint density at radius 3 is 1.82 bits per heavy atom. The second-order valence-corrected chi connectivity index (χ2v) is 2.69. The fraction of sp³-hybridized carbons (Fsp3) is 0.375. The first-order valence-electron chi connectivity index (χ1n) is 3.73. The van der Waals surface area contributed by atoms with Gasteiger partial charge in [0.2, 0.25) is 0 Å². The Labute approximate surface area is 182 Å². The molecule has 0 aromatic heterocycles. The summed E-state index contributed by atoms with van der Waals surface area (Å²) in [6.45, 7) is 4.36. The van der Waals surface area contributed by atoms with Crippen LogP contribution in [0.15, 0.2) is 12.2 Å². The maximum absolute atomic E-state index is 10.8. The summed E-state index contributed by atoms with van der Waals surface area (Å²) in [5.74, 6) is -5.27. The molecule has 0 heterocycles. The van der Waals surface area contributed by atoms with E-state index < -0.39 is 30.1 Å². The second kappa shape index (κ2) is 11.2. The van der Waals surface area contributed by atoms with Gasteiger partial charge in [0.25, 0.3) is 0 Å². The molecule has 0 aliphatic heterocycles. The number of aliphatic hydroxyl groups is 1. The van der Waals surface area contributed by atoms with E-state index in [1.807, 2.05) is 0 Å². The summed E-state index contributed by atoms with van der Waals surface area (Å²) in [5.41, 5.74) is -0.146. The van der Waals surface area contributed by atoms with Gasteiger partial charge in [0.1, 0.15) is 6.10 Å². The average Bonchev–Trinajstić information content (AvgIpc) is 2.11. The van der Waals surface area contributed by atoms with E-state index in [9.17, 15) is 24.6 Å². The van der Waals surface area contributed by atoms with Crippen molar-refractivity contribution in [1.82, 2.24) is 0 Å². The second-order valence-electron chi connectivity index (χ2n) is 2.69. The number of aliphatic hydroxyl groups excluding tert-OH is 1. The van der Waals surface area contributed by atoms with Gasteiger partial charge in [-0.15, -0.1) is 0 Å². The molecule has 0 bridgehead atoms. The zero-order valence-electron chi connectivity index (χ0n) is 9.76. The topological polar surface area (TPSA) is 127 Å². The van der Waals surface area contributed by atoms with Crippen LogP contribution in [0.4, 0.5) is 0 Å². The van der Waals surface area contributed by atoms with Crippen molar-refractivity contribution in [3.63, 3.8) is 0 Å². The zero-order valence-corrected chi connectivity index (χ0v) is 16.0. The van der Waals surface area contributed by atoms with Crippen LogP contribution in [0.3, 0.4) is 0 Å². The van der Waals surface area contributed by atoms with Gasteiger partial charge in [0.15, 0.2) is 6.10 Å². The summed E-state index contributed by atoms with van der Waals surface area (Å²) in [5, 5.41) is 29.3. The Morgan fingerprint density at radius 2 is 1.59 bits per heavy atom. The van der Waals surface area contributed by atoms with Crippen LogP contribution in [0.2, 0.25) is 0 Å². The van der Waals surface area contributed by atoms with E-state index in [0.717, 1.165) is 0 Å². The average molecular weight is 294 g/mol. The molecule has 0 aliphatic carbocycles. The number of rotatable bonds is 5. The number of carbonyl (C=O) groups is 3. The van der Waals surface area contributed by atoms with E-state index in [1.54, 1.807) is 0 Å². The van der Waals surface area contributed by atoms with Crippen LogP contribution in [0.25, 0.3) is 0 Å². The van der Waals surface area contributed by atoms with Gasteiger partial charge >= 0.3 is 109 Å². The summed E-state index contributed by atoms with van der Waals surface area (Å²) in [6, 6.07) is 0. The fourth-order valence-electron chi connectivity index (χ4n) is 0.581. The maximum atomic E-state index is 10.8. The van der Waals surface area contributed by atoms with Gasteiger partial charge in [0.05, 0.1) is 11.9 Å². The molecule has 0 saturated carbocycles. The molecule has 0 amide bonds. The number of carbonyl (C=O) groups excluding carboxylic acids is 3. The number of aliphatic carboxylic acids is 2. The van der Waals surface area contributed by atoms with Crippen LogP contribution in [0.5, 0.6) is 0 Å². The predicted molar refractivity (Wildman–Crippen MR) is 40.7 cm³/mol. The molecule has 9 heteroatoms. The third-order valence-corrected chi connectivity index (χ3v) is 1.34. The van der Waals surface area contributed by atoms with Gasteiger partial charge in [-0.05, 0) is 6.92 Å². The van der Waals surface area contributed by atoms with E-state index in [4.69, 9.17) is 5.11 Å². The Bertz CT molecular complexity index is 315. The summed E-state index contributed by atoms with van der Waals surface area (Å²) in [4.78, 5) is 31.3. The molecule has 1 N–H and O–H groups in total. The quantitative estimate of drug-likeness (QED) is 0.303. The van der Waals surface area contributed by atoms with E-state index in [0.29, 0.717) is 0 Å². The molecule has 0 radical (unpaired) electrons. The van der Waals surface area contributed by atoms with E-state index >= 15 is 0 Å². The molecule has 0 aliphatic rings. The molecule has 0 spiro atoms. The summed E-state index contributed by atoms with van der Waals surface area (Å²) < 4.78 is 4.13. The standard InChI is InChI=1S/C8H10O7.2K/c1-3(2)8(14)15-5(7(12)13)4(9)6(10)11;;/h4-5,9H,1H2,2H3,(H,10,11)(H,12,13);;/q;2*+1/p-2. The van der Waals surface area contributed by atoms with Gasteiger partial charge < -0.3 is 29.6 Å². The molecule has 0 aromatic rings. The molecular weight excluding hydrogens is 286 g/mol. The minimum atomic E-state index is -2.49. The molecule has 0 aromatic carbocycles. The molecule has 2 atom stereocenters. The SMILES string of the molecule is C=C(C)C(=O)OC(C(=O)[O-])C(O)C(=O)[O-].[K+].[K+]. The van der Waals surface area contributed by atoms with Gasteiger partial charge in [-0.1, -0.05) is 6.58 Å². The van der Waals surface area contributed by atoms with E-state index in [2.05, 4.69) is 11.3 Å². The van der Waals surface area contributed by atoms with Crippen molar-refractivity contribution >= 4 is 17.9 Å². The summed E-state index contributed by atoms with van der Waals surface area (Å²) >= 11 is 0. The Morgan fingerprint density at radius 1 is 1.18 bits per heavy atom. The van der Waals surface area contributed by atoms with E-state index in [1.165, 1.54) is 6.92 Å². The zero-order chi connectivity index (χ0) is 12.2. The fourth-order valence-corrected chi connectivity index (χ4v) is 0.581. The Balaban J connectivity index is -0.000000980. The first-order valence-corrected chi connectivity index (χ1v) is 3.73. The molecular formula is C8H8K2O7. The van der Waals surface area contributed by atoms with Crippen molar-refractivity contribution in [2.75, 3.05) is 0 Å². The van der Waals surface area contributed by atoms with Gasteiger partial charge in [-0.3, -0.25) is 0 Å². The number of hydrogen-bond acceptors (Lipinski definition) is 7. The molecule has 84 valence electrons. The van der Waals surface area contributed by atoms with Crippen LogP contribution in [-0.2, 0) is 19.1 Å². The monoisotopic (exact) mass is 294 g/mol. The van der Waals surface area contributed by atoms with E-state index in [-0.39, 0.29) is 108 Å². The van der Waals surface area contributed by atoms with Crippen LogP contribution in [0.1, 0.15) is 6.92 Å². The van der Waals surface area contributed by atoms with Gasteiger partial charge in [0, 0.05) is 5.57 Å².